The van der Waals surface area contributed by atoms with Crippen LogP contribution >= 0.6 is 0 Å². The second-order valence-corrected chi connectivity index (χ2v) is 3.84. The van der Waals surface area contributed by atoms with E-state index in [2.05, 4.69) is 0 Å². The number of aromatic hydroxyl groups is 1. The van der Waals surface area contributed by atoms with Gasteiger partial charge in [-0.3, -0.25) is 0 Å². The first-order valence-corrected chi connectivity index (χ1v) is 5.20. The number of phenols is 1. The Morgan fingerprint density at radius 2 is 1.82 bits per heavy atom. The van der Waals surface area contributed by atoms with Gasteiger partial charge in [0.1, 0.15) is 18.3 Å². The fraction of sp³-hybridized carbons (Fsp3) is 0.455. The maximum Gasteiger partial charge on any atom is 0.229 e. The highest BCUT2D eigenvalue weighted by Gasteiger charge is 2.39. The molecule has 0 saturated carbocycles. The maximum absolute atomic E-state index is 9.62. The molecule has 0 amide bonds. The van der Waals surface area contributed by atoms with Crippen LogP contribution in [0.1, 0.15) is 0 Å². The lowest BCUT2D eigenvalue weighted by Crippen LogP contribution is -2.54. The van der Waals surface area contributed by atoms with Gasteiger partial charge in [-0.2, -0.15) is 0 Å². The molecule has 1 aliphatic heterocycles. The SMILES string of the molecule is Oc1ccccc1O[C@@H]1OC[C@@H](O)[C@H](O)[C@H]1O. The van der Waals surface area contributed by atoms with E-state index in [1.165, 1.54) is 12.1 Å². The molecule has 0 radical (unpaired) electrons. The van der Waals surface area contributed by atoms with Gasteiger partial charge in [-0.25, -0.2) is 0 Å². The summed E-state index contributed by atoms with van der Waals surface area (Å²) in [6.45, 7) is -0.142. The van der Waals surface area contributed by atoms with Gasteiger partial charge in [0.05, 0.1) is 6.61 Å². The molecule has 1 fully saturated rings. The standard InChI is InChI=1S/C11H14O6/c12-6-3-1-2-4-8(6)17-11-10(15)9(14)7(13)5-16-11/h1-4,7,9-15H,5H2/t7-,9+,10-,11+/m1/s1. The Morgan fingerprint density at radius 1 is 1.12 bits per heavy atom. The first kappa shape index (κ1) is 12.1. The van der Waals surface area contributed by atoms with Gasteiger partial charge >= 0.3 is 0 Å². The molecule has 1 aromatic rings. The number of ether oxygens (including phenoxy) is 2. The van der Waals surface area contributed by atoms with Crippen LogP contribution in [0, 0.1) is 0 Å². The van der Waals surface area contributed by atoms with E-state index in [1.807, 2.05) is 0 Å². The Bertz CT molecular complexity index is 382. The van der Waals surface area contributed by atoms with Crippen LogP contribution < -0.4 is 4.74 Å². The minimum atomic E-state index is -1.38. The molecule has 94 valence electrons. The summed E-state index contributed by atoms with van der Waals surface area (Å²) in [4.78, 5) is 0. The molecule has 0 aromatic heterocycles. The van der Waals surface area contributed by atoms with E-state index in [1.54, 1.807) is 12.1 Å². The summed E-state index contributed by atoms with van der Waals surface area (Å²) in [6, 6.07) is 6.20. The topological polar surface area (TPSA) is 99.4 Å². The third kappa shape index (κ3) is 2.50. The van der Waals surface area contributed by atoms with E-state index in [0.717, 1.165) is 0 Å². The molecule has 2 rings (SSSR count). The lowest BCUT2D eigenvalue weighted by molar-refractivity contribution is -0.242. The van der Waals surface area contributed by atoms with Crippen molar-refractivity contribution in [1.29, 1.82) is 0 Å². The van der Waals surface area contributed by atoms with Crippen molar-refractivity contribution >= 4 is 0 Å². The van der Waals surface area contributed by atoms with Crippen LogP contribution in [-0.2, 0) is 4.74 Å². The highest BCUT2D eigenvalue weighted by Crippen LogP contribution is 2.28. The smallest absolute Gasteiger partial charge is 0.229 e. The van der Waals surface area contributed by atoms with Gasteiger partial charge in [0, 0.05) is 0 Å². The van der Waals surface area contributed by atoms with Crippen molar-refractivity contribution in [2.24, 2.45) is 0 Å². The predicted octanol–water partition coefficient (Wildman–Crippen LogP) is -0.790. The van der Waals surface area contributed by atoms with Gasteiger partial charge in [0.15, 0.2) is 11.5 Å². The van der Waals surface area contributed by atoms with Crippen molar-refractivity contribution in [2.45, 2.75) is 24.6 Å². The molecule has 1 aromatic carbocycles. The number of aliphatic hydroxyl groups excluding tert-OH is 3. The third-order valence-electron chi connectivity index (χ3n) is 2.56. The molecule has 0 bridgehead atoms. The molecule has 0 unspecified atom stereocenters. The number of hydrogen-bond acceptors (Lipinski definition) is 6. The Morgan fingerprint density at radius 3 is 2.53 bits per heavy atom. The zero-order chi connectivity index (χ0) is 12.4. The molecule has 1 heterocycles. The summed E-state index contributed by atoms with van der Waals surface area (Å²) in [6.07, 6.45) is -4.98. The summed E-state index contributed by atoms with van der Waals surface area (Å²) in [5, 5.41) is 37.8. The van der Waals surface area contributed by atoms with E-state index in [-0.39, 0.29) is 18.1 Å². The zero-order valence-corrected chi connectivity index (χ0v) is 8.93. The number of rotatable bonds is 2. The molecule has 0 aliphatic carbocycles. The van der Waals surface area contributed by atoms with Crippen LogP contribution in [-0.4, -0.2) is 51.6 Å². The summed E-state index contributed by atoms with van der Waals surface area (Å²) in [5.74, 6) is 0.0454. The van der Waals surface area contributed by atoms with Crippen molar-refractivity contribution in [3.63, 3.8) is 0 Å². The lowest BCUT2D eigenvalue weighted by atomic mass is 10.1. The van der Waals surface area contributed by atoms with Crippen LogP contribution in [0.15, 0.2) is 24.3 Å². The largest absolute Gasteiger partial charge is 0.504 e. The fourth-order valence-electron chi connectivity index (χ4n) is 1.56. The highest BCUT2D eigenvalue weighted by atomic mass is 16.7. The highest BCUT2D eigenvalue weighted by molar-refractivity contribution is 5.38. The fourth-order valence-corrected chi connectivity index (χ4v) is 1.56. The quantitative estimate of drug-likeness (QED) is 0.542. The first-order chi connectivity index (χ1) is 8.09. The minimum Gasteiger partial charge on any atom is -0.504 e. The van der Waals surface area contributed by atoms with Gasteiger partial charge in [0.2, 0.25) is 6.29 Å². The summed E-state index contributed by atoms with van der Waals surface area (Å²) >= 11 is 0. The molecule has 1 aliphatic rings. The van der Waals surface area contributed by atoms with Gasteiger partial charge in [0.25, 0.3) is 0 Å². The monoisotopic (exact) mass is 242 g/mol. The van der Waals surface area contributed by atoms with E-state index >= 15 is 0 Å². The normalized spacial score (nSPS) is 33.4. The Balaban J connectivity index is 2.07. The van der Waals surface area contributed by atoms with Crippen LogP contribution in [0.3, 0.4) is 0 Å². The minimum absolute atomic E-state index is 0.0936. The Labute approximate surface area is 97.7 Å². The molecular formula is C11H14O6. The number of para-hydroxylation sites is 2. The van der Waals surface area contributed by atoms with E-state index in [0.29, 0.717) is 0 Å². The molecule has 6 nitrogen and oxygen atoms in total. The van der Waals surface area contributed by atoms with Crippen LogP contribution in [0.2, 0.25) is 0 Å². The van der Waals surface area contributed by atoms with Crippen molar-refractivity contribution in [2.75, 3.05) is 6.61 Å². The Hall–Kier alpha value is -1.34. The van der Waals surface area contributed by atoms with Crippen LogP contribution in [0.4, 0.5) is 0 Å². The van der Waals surface area contributed by atoms with Crippen molar-refractivity contribution < 1.29 is 29.9 Å². The molecule has 6 heteroatoms. The lowest BCUT2D eigenvalue weighted by Gasteiger charge is -2.34. The van der Waals surface area contributed by atoms with Crippen molar-refractivity contribution in [3.05, 3.63) is 24.3 Å². The van der Waals surface area contributed by atoms with E-state index < -0.39 is 24.6 Å². The average Bonchev–Trinajstić information content (AvgIpc) is 2.32. The Kier molecular flexibility index (Phi) is 3.49. The number of hydrogen-bond donors (Lipinski definition) is 4. The van der Waals surface area contributed by atoms with Crippen molar-refractivity contribution in [1.82, 2.24) is 0 Å². The van der Waals surface area contributed by atoms with Gasteiger partial charge in [-0.05, 0) is 12.1 Å². The molecule has 4 N–H and O–H groups in total. The second-order valence-electron chi connectivity index (χ2n) is 3.84. The van der Waals surface area contributed by atoms with Crippen LogP contribution in [0.25, 0.3) is 0 Å². The second kappa shape index (κ2) is 4.89. The van der Waals surface area contributed by atoms with Crippen molar-refractivity contribution in [3.8, 4) is 11.5 Å². The summed E-state index contributed by atoms with van der Waals surface area (Å²) in [7, 11) is 0. The molecular weight excluding hydrogens is 228 g/mol. The maximum atomic E-state index is 9.62. The first-order valence-electron chi connectivity index (χ1n) is 5.20. The van der Waals surface area contributed by atoms with E-state index in [9.17, 15) is 20.4 Å². The van der Waals surface area contributed by atoms with E-state index in [4.69, 9.17) is 9.47 Å². The molecule has 4 atom stereocenters. The zero-order valence-electron chi connectivity index (χ0n) is 8.93. The third-order valence-corrected chi connectivity index (χ3v) is 2.56. The molecule has 17 heavy (non-hydrogen) atoms. The van der Waals surface area contributed by atoms with Gasteiger partial charge in [-0.15, -0.1) is 0 Å². The van der Waals surface area contributed by atoms with Crippen LogP contribution in [0.5, 0.6) is 11.5 Å². The number of benzene rings is 1. The summed E-state index contributed by atoms with van der Waals surface area (Å²) < 4.78 is 10.3. The molecule has 0 spiro atoms. The summed E-state index contributed by atoms with van der Waals surface area (Å²) in [5.41, 5.74) is 0. The average molecular weight is 242 g/mol. The number of aliphatic hydroxyl groups is 3. The number of phenolic OH excluding ortho intramolecular Hbond substituents is 1. The predicted molar refractivity (Wildman–Crippen MR) is 56.5 cm³/mol. The molecule has 1 saturated heterocycles. The van der Waals surface area contributed by atoms with Gasteiger partial charge in [-0.1, -0.05) is 12.1 Å². The van der Waals surface area contributed by atoms with Gasteiger partial charge < -0.3 is 29.9 Å².